The van der Waals surface area contributed by atoms with Gasteiger partial charge in [0.05, 0.1) is 19.8 Å². The highest BCUT2D eigenvalue weighted by Crippen LogP contribution is 2.42. The minimum atomic E-state index is -0.0739. The number of hydrogen-bond donors (Lipinski definition) is 0. The van der Waals surface area contributed by atoms with Crippen molar-refractivity contribution in [2.75, 3.05) is 27.4 Å². The van der Waals surface area contributed by atoms with Crippen molar-refractivity contribution in [2.24, 2.45) is 10.9 Å². The molecule has 0 radical (unpaired) electrons. The fourth-order valence-electron chi connectivity index (χ4n) is 4.31. The first-order valence-corrected chi connectivity index (χ1v) is 10.4. The van der Waals surface area contributed by atoms with Gasteiger partial charge in [-0.25, -0.2) is 0 Å². The zero-order valence-corrected chi connectivity index (χ0v) is 18.1. The Balaban J connectivity index is 1.73. The molecular weight excluding hydrogens is 362 g/mol. The third-order valence-electron chi connectivity index (χ3n) is 5.77. The first-order valence-electron chi connectivity index (χ1n) is 10.4. The molecule has 0 aromatic heterocycles. The van der Waals surface area contributed by atoms with Crippen LogP contribution in [0.1, 0.15) is 50.2 Å². The summed E-state index contributed by atoms with van der Waals surface area (Å²) in [7, 11) is 3.43. The highest BCUT2D eigenvalue weighted by atomic mass is 16.5. The Morgan fingerprint density at radius 1 is 1.10 bits per heavy atom. The van der Waals surface area contributed by atoms with Crippen molar-refractivity contribution < 1.29 is 14.2 Å². The quantitative estimate of drug-likeness (QED) is 0.554. The SMILES string of the molecule is COc1ccc(C=NCCC(c2ccccc2OC)C2CCOC(C)(C)C2)cc1. The molecule has 29 heavy (non-hydrogen) atoms. The van der Waals surface area contributed by atoms with Crippen molar-refractivity contribution in [1.82, 2.24) is 0 Å². The Hall–Kier alpha value is -2.33. The molecule has 1 aliphatic heterocycles. The van der Waals surface area contributed by atoms with Gasteiger partial charge < -0.3 is 14.2 Å². The molecule has 0 saturated carbocycles. The molecule has 2 unspecified atom stereocenters. The summed E-state index contributed by atoms with van der Waals surface area (Å²) in [4.78, 5) is 4.71. The van der Waals surface area contributed by atoms with E-state index in [-0.39, 0.29) is 5.60 Å². The molecule has 0 amide bonds. The number of nitrogens with zero attached hydrogens (tertiary/aromatic N) is 1. The lowest BCUT2D eigenvalue weighted by atomic mass is 9.75. The van der Waals surface area contributed by atoms with Gasteiger partial charge in [-0.1, -0.05) is 18.2 Å². The van der Waals surface area contributed by atoms with Crippen LogP contribution >= 0.6 is 0 Å². The van der Waals surface area contributed by atoms with Crippen LogP contribution in [0.4, 0.5) is 0 Å². The van der Waals surface area contributed by atoms with E-state index >= 15 is 0 Å². The van der Waals surface area contributed by atoms with E-state index in [1.54, 1.807) is 14.2 Å². The fourth-order valence-corrected chi connectivity index (χ4v) is 4.31. The largest absolute Gasteiger partial charge is 0.497 e. The normalized spacial score (nSPS) is 19.8. The third kappa shape index (κ3) is 5.83. The van der Waals surface area contributed by atoms with Gasteiger partial charge in [-0.05, 0) is 86.4 Å². The van der Waals surface area contributed by atoms with Crippen LogP contribution in [0.5, 0.6) is 11.5 Å². The first kappa shape index (κ1) is 21.4. The van der Waals surface area contributed by atoms with E-state index in [1.807, 2.05) is 36.5 Å². The third-order valence-corrected chi connectivity index (χ3v) is 5.77. The van der Waals surface area contributed by atoms with Crippen LogP contribution in [0, 0.1) is 5.92 Å². The van der Waals surface area contributed by atoms with Gasteiger partial charge in [-0.3, -0.25) is 4.99 Å². The summed E-state index contributed by atoms with van der Waals surface area (Å²) in [6.45, 7) is 5.99. The van der Waals surface area contributed by atoms with Crippen molar-refractivity contribution >= 4 is 6.21 Å². The van der Waals surface area contributed by atoms with Crippen LogP contribution in [-0.2, 0) is 4.74 Å². The Labute approximate surface area is 174 Å². The topological polar surface area (TPSA) is 40.0 Å². The van der Waals surface area contributed by atoms with Crippen molar-refractivity contribution in [3.63, 3.8) is 0 Å². The summed E-state index contributed by atoms with van der Waals surface area (Å²) in [6.07, 6.45) is 5.08. The number of rotatable bonds is 8. The lowest BCUT2D eigenvalue weighted by molar-refractivity contribution is -0.0771. The van der Waals surface area contributed by atoms with Crippen molar-refractivity contribution in [2.45, 2.75) is 44.6 Å². The molecule has 0 bridgehead atoms. The average Bonchev–Trinajstić information content (AvgIpc) is 2.73. The Bertz CT molecular complexity index is 798. The van der Waals surface area contributed by atoms with Gasteiger partial charge in [0.15, 0.2) is 0 Å². The molecule has 156 valence electrons. The highest BCUT2D eigenvalue weighted by Gasteiger charge is 2.34. The van der Waals surface area contributed by atoms with E-state index in [0.29, 0.717) is 11.8 Å². The van der Waals surface area contributed by atoms with Crippen molar-refractivity contribution in [3.8, 4) is 11.5 Å². The van der Waals surface area contributed by atoms with Gasteiger partial charge in [0.25, 0.3) is 0 Å². The van der Waals surface area contributed by atoms with Gasteiger partial charge >= 0.3 is 0 Å². The number of hydrogen-bond acceptors (Lipinski definition) is 4. The number of benzene rings is 2. The zero-order chi connectivity index (χ0) is 20.7. The molecule has 0 aliphatic carbocycles. The second-order valence-corrected chi connectivity index (χ2v) is 8.31. The summed E-state index contributed by atoms with van der Waals surface area (Å²) < 4.78 is 16.9. The number of methoxy groups -OCH3 is 2. The molecular formula is C25H33NO3. The van der Waals surface area contributed by atoms with E-state index in [4.69, 9.17) is 19.2 Å². The fraction of sp³-hybridized carbons (Fsp3) is 0.480. The number of ether oxygens (including phenoxy) is 3. The lowest BCUT2D eigenvalue weighted by Crippen LogP contribution is -2.36. The highest BCUT2D eigenvalue weighted by molar-refractivity contribution is 5.79. The molecule has 0 spiro atoms. The standard InChI is InChI=1S/C25H33NO3/c1-25(2)17-20(14-16-29-25)22(23-7-5-6-8-24(23)28-4)13-15-26-18-19-9-11-21(27-3)12-10-19/h5-12,18,20,22H,13-17H2,1-4H3. The van der Waals surface area contributed by atoms with E-state index in [2.05, 4.69) is 32.0 Å². The van der Waals surface area contributed by atoms with Crippen LogP contribution < -0.4 is 9.47 Å². The van der Waals surface area contributed by atoms with Crippen LogP contribution in [0.25, 0.3) is 0 Å². The molecule has 0 N–H and O–H groups in total. The summed E-state index contributed by atoms with van der Waals surface area (Å²) in [5.74, 6) is 2.80. The van der Waals surface area contributed by atoms with Gasteiger partial charge in [0, 0.05) is 19.4 Å². The van der Waals surface area contributed by atoms with Crippen LogP contribution in [0.3, 0.4) is 0 Å². The van der Waals surface area contributed by atoms with E-state index in [0.717, 1.165) is 49.5 Å². The molecule has 2 atom stereocenters. The predicted octanol–water partition coefficient (Wildman–Crippen LogP) is 5.50. The zero-order valence-electron chi connectivity index (χ0n) is 18.1. The maximum absolute atomic E-state index is 5.97. The number of para-hydroxylation sites is 1. The minimum absolute atomic E-state index is 0.0739. The molecule has 1 fully saturated rings. The maximum atomic E-state index is 5.97. The molecule has 1 heterocycles. The van der Waals surface area contributed by atoms with E-state index in [1.165, 1.54) is 5.56 Å². The summed E-state index contributed by atoms with van der Waals surface area (Å²) in [5, 5.41) is 0. The molecule has 1 saturated heterocycles. The van der Waals surface area contributed by atoms with Crippen molar-refractivity contribution in [1.29, 1.82) is 0 Å². The van der Waals surface area contributed by atoms with Gasteiger partial charge in [0.1, 0.15) is 11.5 Å². The van der Waals surface area contributed by atoms with E-state index < -0.39 is 0 Å². The summed E-state index contributed by atoms with van der Waals surface area (Å²) in [5.41, 5.74) is 2.31. The smallest absolute Gasteiger partial charge is 0.122 e. The number of aliphatic imine (C=N–C) groups is 1. The minimum Gasteiger partial charge on any atom is -0.497 e. The Kier molecular flexibility index (Phi) is 7.32. The van der Waals surface area contributed by atoms with Crippen molar-refractivity contribution in [3.05, 3.63) is 59.7 Å². The summed E-state index contributed by atoms with van der Waals surface area (Å²) >= 11 is 0. The predicted molar refractivity (Wildman–Crippen MR) is 119 cm³/mol. The Morgan fingerprint density at radius 2 is 1.86 bits per heavy atom. The molecule has 4 nitrogen and oxygen atoms in total. The molecule has 2 aromatic rings. The van der Waals surface area contributed by atoms with Crippen LogP contribution in [0.15, 0.2) is 53.5 Å². The van der Waals surface area contributed by atoms with Crippen LogP contribution in [0.2, 0.25) is 0 Å². The molecule has 4 heteroatoms. The second kappa shape index (κ2) is 9.93. The van der Waals surface area contributed by atoms with Gasteiger partial charge in [-0.15, -0.1) is 0 Å². The lowest BCUT2D eigenvalue weighted by Gasteiger charge is -2.39. The Morgan fingerprint density at radius 3 is 2.55 bits per heavy atom. The van der Waals surface area contributed by atoms with Gasteiger partial charge in [0.2, 0.25) is 0 Å². The molecule has 3 rings (SSSR count). The first-order chi connectivity index (χ1) is 14.0. The molecule has 1 aliphatic rings. The van der Waals surface area contributed by atoms with Crippen LogP contribution in [-0.4, -0.2) is 39.2 Å². The monoisotopic (exact) mass is 395 g/mol. The summed E-state index contributed by atoms with van der Waals surface area (Å²) in [6, 6.07) is 16.4. The maximum Gasteiger partial charge on any atom is 0.122 e. The van der Waals surface area contributed by atoms with Gasteiger partial charge in [-0.2, -0.15) is 0 Å². The average molecular weight is 396 g/mol. The van der Waals surface area contributed by atoms with E-state index in [9.17, 15) is 0 Å². The molecule has 2 aromatic carbocycles. The second-order valence-electron chi connectivity index (χ2n) is 8.31.